The Balaban J connectivity index is 3.59. The molecule has 1 rings (SSSR count). The topological polar surface area (TPSA) is 22.0 Å². The van der Waals surface area contributed by atoms with E-state index < -0.39 is 0 Å². The summed E-state index contributed by atoms with van der Waals surface area (Å²) in [5, 5.41) is 0. The van der Waals surface area contributed by atoms with Gasteiger partial charge in [-0.1, -0.05) is 27.7 Å². The second-order valence-corrected chi connectivity index (χ2v) is 4.83. The Hall–Kier alpha value is -1.05. The molecular formula is C13H21NO. The fraction of sp³-hybridized carbons (Fsp3) is 0.615. The van der Waals surface area contributed by atoms with Crippen LogP contribution in [0, 0.1) is 6.92 Å². The molecule has 0 saturated carbocycles. The van der Waals surface area contributed by atoms with Gasteiger partial charge in [0, 0.05) is 18.3 Å². The molecule has 2 nitrogen and oxygen atoms in total. The molecule has 0 bridgehead atoms. The molecule has 0 radical (unpaired) electrons. The minimum atomic E-state index is 0.161. The van der Waals surface area contributed by atoms with Crippen molar-refractivity contribution in [1.29, 1.82) is 0 Å². The summed E-state index contributed by atoms with van der Waals surface area (Å²) < 4.78 is 1.74. The van der Waals surface area contributed by atoms with E-state index >= 15 is 0 Å². The lowest BCUT2D eigenvalue weighted by atomic mass is 9.91. The van der Waals surface area contributed by atoms with Gasteiger partial charge < -0.3 is 4.57 Å². The van der Waals surface area contributed by atoms with E-state index in [0.29, 0.717) is 11.8 Å². The van der Waals surface area contributed by atoms with E-state index in [1.807, 2.05) is 14.0 Å². The average molecular weight is 207 g/mol. The fourth-order valence-corrected chi connectivity index (χ4v) is 1.92. The van der Waals surface area contributed by atoms with Crippen LogP contribution >= 0.6 is 0 Å². The summed E-state index contributed by atoms with van der Waals surface area (Å²) in [6.45, 7) is 10.4. The van der Waals surface area contributed by atoms with Crippen molar-refractivity contribution in [3.05, 3.63) is 33.2 Å². The van der Waals surface area contributed by atoms with Crippen molar-refractivity contribution >= 4 is 0 Å². The highest BCUT2D eigenvalue weighted by molar-refractivity contribution is 5.32. The third kappa shape index (κ3) is 2.14. The summed E-state index contributed by atoms with van der Waals surface area (Å²) in [4.78, 5) is 12.1. The van der Waals surface area contributed by atoms with Crippen molar-refractivity contribution in [2.75, 3.05) is 0 Å². The van der Waals surface area contributed by atoms with Crippen molar-refractivity contribution in [2.24, 2.45) is 7.05 Å². The largest absolute Gasteiger partial charge is 0.316 e. The molecule has 0 N–H and O–H groups in total. The van der Waals surface area contributed by atoms with E-state index in [4.69, 9.17) is 0 Å². The summed E-state index contributed by atoms with van der Waals surface area (Å²) in [5.74, 6) is 0.705. The first-order valence-corrected chi connectivity index (χ1v) is 5.56. The van der Waals surface area contributed by atoms with E-state index in [1.165, 1.54) is 5.56 Å². The lowest BCUT2D eigenvalue weighted by molar-refractivity contribution is 0.718. The molecule has 0 aliphatic heterocycles. The van der Waals surface area contributed by atoms with Gasteiger partial charge in [-0.15, -0.1) is 0 Å². The molecule has 0 spiro atoms. The van der Waals surface area contributed by atoms with Gasteiger partial charge in [-0.2, -0.15) is 0 Å². The van der Waals surface area contributed by atoms with Gasteiger partial charge in [0.2, 0.25) is 0 Å². The van der Waals surface area contributed by atoms with Crippen LogP contribution in [0.15, 0.2) is 10.9 Å². The number of aromatic nitrogens is 1. The molecule has 0 atom stereocenters. The Morgan fingerprint density at radius 2 is 1.67 bits per heavy atom. The standard InChI is InChI=1S/C13H21NO/c1-8(2)11-7-10(5)14(6)13(15)12(11)9(3)4/h7-9H,1-6H3. The summed E-state index contributed by atoms with van der Waals surface area (Å²) in [6, 6.07) is 2.14. The van der Waals surface area contributed by atoms with Gasteiger partial charge in [0.25, 0.3) is 5.56 Å². The Morgan fingerprint density at radius 1 is 1.13 bits per heavy atom. The Labute approximate surface area is 91.9 Å². The summed E-state index contributed by atoms with van der Waals surface area (Å²) in [7, 11) is 1.84. The second kappa shape index (κ2) is 4.21. The fourth-order valence-electron chi connectivity index (χ4n) is 1.92. The van der Waals surface area contributed by atoms with Gasteiger partial charge in [-0.3, -0.25) is 4.79 Å². The number of aryl methyl sites for hydroxylation is 1. The quantitative estimate of drug-likeness (QED) is 0.731. The van der Waals surface area contributed by atoms with Crippen LogP contribution in [0.4, 0.5) is 0 Å². The van der Waals surface area contributed by atoms with Crippen LogP contribution in [0.1, 0.15) is 56.4 Å². The van der Waals surface area contributed by atoms with Crippen molar-refractivity contribution in [3.8, 4) is 0 Å². The number of hydrogen-bond donors (Lipinski definition) is 0. The molecule has 0 amide bonds. The minimum absolute atomic E-state index is 0.161. The van der Waals surface area contributed by atoms with Crippen LogP contribution in [-0.4, -0.2) is 4.57 Å². The van der Waals surface area contributed by atoms with Crippen molar-refractivity contribution in [3.63, 3.8) is 0 Å². The molecule has 0 unspecified atom stereocenters. The summed E-state index contributed by atoms with van der Waals surface area (Å²) >= 11 is 0. The Bertz CT molecular complexity index is 413. The first kappa shape index (κ1) is 12.0. The Morgan fingerprint density at radius 3 is 2.07 bits per heavy atom. The lowest BCUT2D eigenvalue weighted by Gasteiger charge is -2.18. The maximum Gasteiger partial charge on any atom is 0.254 e. The highest BCUT2D eigenvalue weighted by atomic mass is 16.1. The third-order valence-corrected chi connectivity index (χ3v) is 2.94. The first-order chi connectivity index (χ1) is 6.86. The zero-order chi connectivity index (χ0) is 11.7. The van der Waals surface area contributed by atoms with Crippen LogP contribution < -0.4 is 5.56 Å². The molecule has 0 aliphatic carbocycles. The molecule has 0 aliphatic rings. The van der Waals surface area contributed by atoms with Crippen molar-refractivity contribution in [2.45, 2.75) is 46.5 Å². The van der Waals surface area contributed by atoms with Crippen molar-refractivity contribution < 1.29 is 0 Å². The predicted molar refractivity (Wildman–Crippen MR) is 64.6 cm³/mol. The number of nitrogens with zero attached hydrogens (tertiary/aromatic N) is 1. The van der Waals surface area contributed by atoms with E-state index in [2.05, 4.69) is 33.8 Å². The molecule has 0 saturated heterocycles. The van der Waals surface area contributed by atoms with E-state index in [1.54, 1.807) is 4.57 Å². The predicted octanol–water partition coefficient (Wildman–Crippen LogP) is 2.94. The van der Waals surface area contributed by atoms with E-state index in [0.717, 1.165) is 11.3 Å². The molecule has 84 valence electrons. The normalized spacial score (nSPS) is 11.5. The molecule has 1 aromatic heterocycles. The second-order valence-electron chi connectivity index (χ2n) is 4.83. The smallest absolute Gasteiger partial charge is 0.254 e. The van der Waals surface area contributed by atoms with Gasteiger partial charge >= 0.3 is 0 Å². The maximum atomic E-state index is 12.1. The highest BCUT2D eigenvalue weighted by Gasteiger charge is 2.16. The van der Waals surface area contributed by atoms with Crippen LogP contribution in [0.25, 0.3) is 0 Å². The lowest BCUT2D eigenvalue weighted by Crippen LogP contribution is -2.26. The molecule has 15 heavy (non-hydrogen) atoms. The molecule has 1 aromatic rings. The summed E-state index contributed by atoms with van der Waals surface area (Å²) in [5.41, 5.74) is 3.37. The van der Waals surface area contributed by atoms with Crippen LogP contribution in [0.3, 0.4) is 0 Å². The van der Waals surface area contributed by atoms with Crippen LogP contribution in [0.5, 0.6) is 0 Å². The maximum absolute atomic E-state index is 12.1. The SMILES string of the molecule is Cc1cc(C(C)C)c(C(C)C)c(=O)n1C. The number of pyridine rings is 1. The number of rotatable bonds is 2. The zero-order valence-electron chi connectivity index (χ0n) is 10.6. The first-order valence-electron chi connectivity index (χ1n) is 5.56. The molecule has 0 aromatic carbocycles. The van der Waals surface area contributed by atoms with Gasteiger partial charge in [0.05, 0.1) is 0 Å². The minimum Gasteiger partial charge on any atom is -0.316 e. The highest BCUT2D eigenvalue weighted by Crippen LogP contribution is 2.23. The van der Waals surface area contributed by atoms with E-state index in [9.17, 15) is 4.79 Å². The molecule has 1 heterocycles. The average Bonchev–Trinajstić information content (AvgIpc) is 2.12. The van der Waals surface area contributed by atoms with Gasteiger partial charge in [0.15, 0.2) is 0 Å². The van der Waals surface area contributed by atoms with Gasteiger partial charge in [-0.05, 0) is 30.4 Å². The van der Waals surface area contributed by atoms with Crippen LogP contribution in [-0.2, 0) is 7.05 Å². The molecule has 2 heteroatoms. The monoisotopic (exact) mass is 207 g/mol. The van der Waals surface area contributed by atoms with Crippen LogP contribution in [0.2, 0.25) is 0 Å². The van der Waals surface area contributed by atoms with E-state index in [-0.39, 0.29) is 5.56 Å². The van der Waals surface area contributed by atoms with Gasteiger partial charge in [0.1, 0.15) is 0 Å². The number of hydrogen-bond acceptors (Lipinski definition) is 1. The molecular weight excluding hydrogens is 186 g/mol. The Kier molecular flexibility index (Phi) is 3.38. The van der Waals surface area contributed by atoms with Crippen molar-refractivity contribution in [1.82, 2.24) is 4.57 Å². The summed E-state index contributed by atoms with van der Waals surface area (Å²) in [6.07, 6.45) is 0. The zero-order valence-corrected chi connectivity index (χ0v) is 10.6. The molecule has 0 fully saturated rings. The van der Waals surface area contributed by atoms with Gasteiger partial charge in [-0.25, -0.2) is 0 Å². The third-order valence-electron chi connectivity index (χ3n) is 2.94.